The summed E-state index contributed by atoms with van der Waals surface area (Å²) in [6.07, 6.45) is 0.862. The Hall–Kier alpha value is -1.03. The zero-order valence-electron chi connectivity index (χ0n) is 12.3. The van der Waals surface area contributed by atoms with Gasteiger partial charge in [-0.3, -0.25) is 0 Å². The van der Waals surface area contributed by atoms with Gasteiger partial charge in [0, 0.05) is 22.2 Å². The highest BCUT2D eigenvalue weighted by Gasteiger charge is 2.15. The predicted molar refractivity (Wildman–Crippen MR) is 95.2 cm³/mol. The van der Waals surface area contributed by atoms with Crippen molar-refractivity contribution in [2.24, 2.45) is 5.73 Å². The Morgan fingerprint density at radius 1 is 1.24 bits per heavy atom. The third kappa shape index (κ3) is 4.00. The summed E-state index contributed by atoms with van der Waals surface area (Å²) in [4.78, 5) is 2.27. The Balaban J connectivity index is 2.32. The highest BCUT2D eigenvalue weighted by molar-refractivity contribution is 9.10. The van der Waals surface area contributed by atoms with E-state index < -0.39 is 0 Å². The summed E-state index contributed by atoms with van der Waals surface area (Å²) in [5.41, 5.74) is 9.39. The molecular weight excluding hydrogens is 348 g/mol. The molecule has 1 unspecified atom stereocenters. The van der Waals surface area contributed by atoms with Crippen LogP contribution < -0.4 is 10.6 Å². The molecule has 0 heterocycles. The van der Waals surface area contributed by atoms with Crippen molar-refractivity contribution in [3.05, 3.63) is 63.1 Å². The first-order valence-electron chi connectivity index (χ1n) is 6.99. The van der Waals surface area contributed by atoms with Crippen molar-refractivity contribution in [2.75, 3.05) is 18.5 Å². The molecular formula is C17H20BrClN2. The maximum Gasteiger partial charge on any atom is 0.0511 e. The van der Waals surface area contributed by atoms with Gasteiger partial charge in [-0.1, -0.05) is 39.7 Å². The summed E-state index contributed by atoms with van der Waals surface area (Å²) < 4.78 is 1.08. The zero-order chi connectivity index (χ0) is 15.4. The Kier molecular flexibility index (Phi) is 5.68. The van der Waals surface area contributed by atoms with Gasteiger partial charge in [0.1, 0.15) is 0 Å². The summed E-state index contributed by atoms with van der Waals surface area (Å²) >= 11 is 9.63. The Labute approximate surface area is 140 Å². The Bertz CT molecular complexity index is 615. The third-order valence-electron chi connectivity index (χ3n) is 3.75. The lowest BCUT2D eigenvalue weighted by molar-refractivity contribution is 0.734. The van der Waals surface area contributed by atoms with E-state index in [0.717, 1.165) is 15.9 Å². The van der Waals surface area contributed by atoms with Gasteiger partial charge in [-0.25, -0.2) is 0 Å². The minimum absolute atomic E-state index is 0.237. The molecule has 112 valence electrons. The van der Waals surface area contributed by atoms with Crippen LogP contribution in [-0.4, -0.2) is 13.6 Å². The normalized spacial score (nSPS) is 12.2. The lowest BCUT2D eigenvalue weighted by Gasteiger charge is -2.29. The van der Waals surface area contributed by atoms with E-state index in [0.29, 0.717) is 6.54 Å². The van der Waals surface area contributed by atoms with Crippen molar-refractivity contribution in [2.45, 2.75) is 19.4 Å². The number of nitrogens with two attached hydrogens (primary N) is 1. The number of halogens is 2. The lowest BCUT2D eigenvalue weighted by Crippen LogP contribution is -2.23. The highest BCUT2D eigenvalue weighted by Crippen LogP contribution is 2.31. The molecule has 0 fully saturated rings. The number of benzene rings is 2. The van der Waals surface area contributed by atoms with Gasteiger partial charge in [-0.05, 0) is 61.3 Å². The average molecular weight is 368 g/mol. The average Bonchev–Trinajstić information content (AvgIpc) is 2.46. The molecule has 0 saturated carbocycles. The van der Waals surface area contributed by atoms with Gasteiger partial charge in [0.05, 0.1) is 6.04 Å². The number of nitrogens with zero attached hydrogens (tertiary/aromatic N) is 1. The van der Waals surface area contributed by atoms with Crippen LogP contribution in [0.2, 0.25) is 5.02 Å². The van der Waals surface area contributed by atoms with E-state index in [9.17, 15) is 0 Å². The maximum atomic E-state index is 6.10. The second-order valence-electron chi connectivity index (χ2n) is 5.15. The quantitative estimate of drug-likeness (QED) is 0.822. The van der Waals surface area contributed by atoms with Gasteiger partial charge in [0.15, 0.2) is 0 Å². The minimum Gasteiger partial charge on any atom is -0.368 e. The highest BCUT2D eigenvalue weighted by atomic mass is 79.9. The SMILES string of the molecule is CC(c1cccc(Cl)c1)N(C)c1ccc(Br)cc1CCN. The molecule has 0 spiro atoms. The first-order valence-corrected chi connectivity index (χ1v) is 8.17. The predicted octanol–water partition coefficient (Wildman–Crippen LogP) is 4.80. The minimum atomic E-state index is 0.237. The van der Waals surface area contributed by atoms with Crippen LogP contribution in [0.4, 0.5) is 5.69 Å². The summed E-state index contributed by atoms with van der Waals surface area (Å²) in [7, 11) is 2.11. The van der Waals surface area contributed by atoms with Crippen LogP contribution in [0.25, 0.3) is 0 Å². The Morgan fingerprint density at radius 2 is 2.00 bits per heavy atom. The van der Waals surface area contributed by atoms with Crippen LogP contribution in [0, 0.1) is 0 Å². The van der Waals surface area contributed by atoms with Crippen molar-refractivity contribution < 1.29 is 0 Å². The van der Waals surface area contributed by atoms with Gasteiger partial charge in [0.2, 0.25) is 0 Å². The molecule has 2 aromatic rings. The second kappa shape index (κ2) is 7.30. The van der Waals surface area contributed by atoms with Crippen molar-refractivity contribution in [3.8, 4) is 0 Å². The summed E-state index contributed by atoms with van der Waals surface area (Å²) in [5, 5.41) is 0.769. The van der Waals surface area contributed by atoms with Crippen LogP contribution in [0.5, 0.6) is 0 Å². The molecule has 4 heteroatoms. The van der Waals surface area contributed by atoms with E-state index in [2.05, 4.69) is 59.1 Å². The molecule has 1 atom stereocenters. The van der Waals surface area contributed by atoms with E-state index in [1.54, 1.807) is 0 Å². The van der Waals surface area contributed by atoms with Crippen molar-refractivity contribution in [1.82, 2.24) is 0 Å². The molecule has 2 nitrogen and oxygen atoms in total. The molecule has 0 saturated heterocycles. The fourth-order valence-electron chi connectivity index (χ4n) is 2.45. The van der Waals surface area contributed by atoms with Gasteiger partial charge < -0.3 is 10.6 Å². The zero-order valence-corrected chi connectivity index (χ0v) is 14.7. The second-order valence-corrected chi connectivity index (χ2v) is 6.51. The molecule has 0 aliphatic rings. The van der Waals surface area contributed by atoms with Crippen LogP contribution in [0.15, 0.2) is 46.9 Å². The largest absolute Gasteiger partial charge is 0.368 e. The van der Waals surface area contributed by atoms with Crippen molar-refractivity contribution in [1.29, 1.82) is 0 Å². The number of hydrogen-bond acceptors (Lipinski definition) is 2. The molecule has 2 rings (SSSR count). The molecule has 0 amide bonds. The lowest BCUT2D eigenvalue weighted by atomic mass is 10.0. The smallest absolute Gasteiger partial charge is 0.0511 e. The van der Waals surface area contributed by atoms with Gasteiger partial charge >= 0.3 is 0 Å². The van der Waals surface area contributed by atoms with Crippen LogP contribution in [0.1, 0.15) is 24.1 Å². The molecule has 0 radical (unpaired) electrons. The van der Waals surface area contributed by atoms with E-state index in [1.807, 2.05) is 18.2 Å². The van der Waals surface area contributed by atoms with Crippen LogP contribution in [0.3, 0.4) is 0 Å². The topological polar surface area (TPSA) is 29.3 Å². The van der Waals surface area contributed by atoms with E-state index in [1.165, 1.54) is 16.8 Å². The van der Waals surface area contributed by atoms with Crippen molar-refractivity contribution in [3.63, 3.8) is 0 Å². The number of rotatable bonds is 5. The van der Waals surface area contributed by atoms with Crippen molar-refractivity contribution >= 4 is 33.2 Å². The number of hydrogen-bond donors (Lipinski definition) is 1. The fourth-order valence-corrected chi connectivity index (χ4v) is 3.06. The standard InChI is InChI=1S/C17H20BrClN2/c1-12(13-4-3-5-16(19)11-13)21(2)17-7-6-15(18)10-14(17)8-9-20/h3-7,10-12H,8-9,20H2,1-2H3. The molecule has 0 bridgehead atoms. The van der Waals surface area contributed by atoms with Gasteiger partial charge in [-0.2, -0.15) is 0 Å². The van der Waals surface area contributed by atoms with Crippen LogP contribution >= 0.6 is 27.5 Å². The van der Waals surface area contributed by atoms with E-state index in [-0.39, 0.29) is 6.04 Å². The Morgan fingerprint density at radius 3 is 2.67 bits per heavy atom. The molecule has 0 aromatic heterocycles. The van der Waals surface area contributed by atoms with Crippen LogP contribution in [-0.2, 0) is 6.42 Å². The third-order valence-corrected chi connectivity index (χ3v) is 4.48. The first kappa shape index (κ1) is 16.3. The molecule has 21 heavy (non-hydrogen) atoms. The van der Waals surface area contributed by atoms with E-state index >= 15 is 0 Å². The summed E-state index contributed by atoms with van der Waals surface area (Å²) in [6.45, 7) is 2.82. The molecule has 0 aliphatic heterocycles. The summed E-state index contributed by atoms with van der Waals surface area (Å²) in [6, 6.07) is 14.6. The maximum absolute atomic E-state index is 6.10. The summed E-state index contributed by atoms with van der Waals surface area (Å²) in [5.74, 6) is 0. The molecule has 2 N–H and O–H groups in total. The monoisotopic (exact) mass is 366 g/mol. The molecule has 0 aliphatic carbocycles. The van der Waals surface area contributed by atoms with E-state index in [4.69, 9.17) is 17.3 Å². The molecule has 2 aromatic carbocycles. The number of anilines is 1. The van der Waals surface area contributed by atoms with Gasteiger partial charge in [-0.15, -0.1) is 0 Å². The first-order chi connectivity index (χ1) is 10.0. The van der Waals surface area contributed by atoms with Gasteiger partial charge in [0.25, 0.3) is 0 Å². The fraction of sp³-hybridized carbons (Fsp3) is 0.294.